The van der Waals surface area contributed by atoms with Gasteiger partial charge in [-0.05, 0) is 56.1 Å². The van der Waals surface area contributed by atoms with E-state index < -0.39 is 5.91 Å². The summed E-state index contributed by atoms with van der Waals surface area (Å²) in [6.45, 7) is 0.548. The van der Waals surface area contributed by atoms with E-state index >= 15 is 0 Å². The minimum atomic E-state index is -0.403. The average Bonchev–Trinajstić information content (AvgIpc) is 2.56. The smallest absolute Gasteiger partial charge is 0.268 e. The van der Waals surface area contributed by atoms with Gasteiger partial charge in [-0.2, -0.15) is 0 Å². The molecule has 5 nitrogen and oxygen atoms in total. The average molecular weight is 607 g/mol. The molecule has 0 amide bonds. The van der Waals surface area contributed by atoms with Gasteiger partial charge in [0.25, 0.3) is 11.5 Å². The van der Waals surface area contributed by atoms with Crippen molar-refractivity contribution in [1.82, 2.24) is 9.55 Å². The number of nitrogens with one attached hydrogen (secondary N) is 1. The number of fused-ring (bicyclic) bond motifs is 3. The highest BCUT2D eigenvalue weighted by molar-refractivity contribution is 9.11. The Hall–Kier alpha value is -1.03. The van der Waals surface area contributed by atoms with Crippen LogP contribution in [0.25, 0.3) is 10.9 Å². The van der Waals surface area contributed by atoms with Crippen molar-refractivity contribution >= 4 is 86.2 Å². The van der Waals surface area contributed by atoms with E-state index in [1.165, 1.54) is 4.57 Å². The number of benzene rings is 2. The second-order valence-corrected chi connectivity index (χ2v) is 9.28. The third-order valence-corrected chi connectivity index (χ3v) is 6.25. The molecule has 0 aliphatic carbocycles. The van der Waals surface area contributed by atoms with Crippen LogP contribution < -0.4 is 10.9 Å². The summed E-state index contributed by atoms with van der Waals surface area (Å²) in [5.74, 6) is 0.0319. The summed E-state index contributed by atoms with van der Waals surface area (Å²) in [5, 5.41) is 3.64. The Morgan fingerprint density at radius 2 is 1.65 bits per heavy atom. The van der Waals surface area contributed by atoms with Gasteiger partial charge in [0.15, 0.2) is 0 Å². The zero-order valence-electron chi connectivity index (χ0n) is 12.9. The van der Waals surface area contributed by atoms with Gasteiger partial charge in [-0.15, -0.1) is 0 Å². The Kier molecular flexibility index (Phi) is 4.83. The van der Waals surface area contributed by atoms with Crippen LogP contribution in [-0.2, 0) is 6.42 Å². The maximum Gasteiger partial charge on any atom is 0.268 e. The highest BCUT2D eigenvalue weighted by Crippen LogP contribution is 2.33. The van der Waals surface area contributed by atoms with Crippen molar-refractivity contribution in [2.45, 2.75) is 6.42 Å². The lowest BCUT2D eigenvalue weighted by Crippen LogP contribution is -2.34. The Labute approximate surface area is 181 Å². The van der Waals surface area contributed by atoms with Gasteiger partial charge in [0, 0.05) is 30.9 Å². The van der Waals surface area contributed by atoms with Crippen LogP contribution >= 0.6 is 63.7 Å². The minimum absolute atomic E-state index is 0.374. The number of carbonyl (C=O) groups is 1. The lowest BCUT2D eigenvalue weighted by molar-refractivity contribution is 0.0951. The predicted molar refractivity (Wildman–Crippen MR) is 115 cm³/mol. The fourth-order valence-electron chi connectivity index (χ4n) is 2.98. The first-order chi connectivity index (χ1) is 12.4. The molecule has 4 rings (SSSR count). The number of anilines is 1. The zero-order valence-corrected chi connectivity index (χ0v) is 19.3. The summed E-state index contributed by atoms with van der Waals surface area (Å²) < 4.78 is 4.12. The number of hydrogen-bond acceptors (Lipinski definition) is 4. The van der Waals surface area contributed by atoms with E-state index in [2.05, 4.69) is 74.0 Å². The van der Waals surface area contributed by atoms with E-state index in [-0.39, 0.29) is 5.56 Å². The van der Waals surface area contributed by atoms with Crippen LogP contribution in [0.1, 0.15) is 16.2 Å². The number of halogens is 4. The molecule has 0 unspecified atom stereocenters. The Morgan fingerprint density at radius 3 is 2.42 bits per heavy atom. The minimum Gasteiger partial charge on any atom is -0.383 e. The molecule has 0 fully saturated rings. The summed E-state index contributed by atoms with van der Waals surface area (Å²) >= 11 is 13.7. The summed E-state index contributed by atoms with van der Waals surface area (Å²) in [6, 6.07) is 7.08. The molecule has 0 saturated heterocycles. The maximum atomic E-state index is 13.2. The monoisotopic (exact) mass is 603 g/mol. The van der Waals surface area contributed by atoms with E-state index in [0.717, 1.165) is 13.4 Å². The molecule has 1 aromatic heterocycles. The normalized spacial score (nSPS) is 13.6. The van der Waals surface area contributed by atoms with Crippen LogP contribution in [0.2, 0.25) is 0 Å². The summed E-state index contributed by atoms with van der Waals surface area (Å²) in [5.41, 5.74) is 1.25. The molecule has 0 bridgehead atoms. The number of nitrogens with zero attached hydrogens (tertiary/aromatic N) is 2. The zero-order chi connectivity index (χ0) is 18.6. The molecule has 0 atom stereocenters. The third-order valence-electron chi connectivity index (χ3n) is 4.10. The van der Waals surface area contributed by atoms with Gasteiger partial charge >= 0.3 is 0 Å². The van der Waals surface area contributed by atoms with Gasteiger partial charge in [0.05, 0.1) is 22.2 Å². The largest absolute Gasteiger partial charge is 0.383 e. The highest BCUT2D eigenvalue weighted by Gasteiger charge is 2.25. The Balaban J connectivity index is 2.07. The molecular weight excluding hydrogens is 598 g/mol. The molecule has 2 heterocycles. The molecule has 1 aliphatic heterocycles. The second-order valence-electron chi connectivity index (χ2n) is 5.74. The Morgan fingerprint density at radius 1 is 0.962 bits per heavy atom. The van der Waals surface area contributed by atoms with Crippen molar-refractivity contribution in [3.63, 3.8) is 0 Å². The van der Waals surface area contributed by atoms with Crippen LogP contribution in [0.5, 0.6) is 0 Å². The van der Waals surface area contributed by atoms with Crippen LogP contribution in [-0.4, -0.2) is 22.0 Å². The van der Waals surface area contributed by atoms with Gasteiger partial charge in [0.2, 0.25) is 0 Å². The molecule has 9 heteroatoms. The lowest BCUT2D eigenvalue weighted by Gasteiger charge is -2.20. The quantitative estimate of drug-likeness (QED) is 0.387. The van der Waals surface area contributed by atoms with Gasteiger partial charge in [-0.25, -0.2) is 9.55 Å². The number of carbonyl (C=O) groups excluding carboxylic acids is 1. The first-order valence-electron chi connectivity index (χ1n) is 7.55. The summed E-state index contributed by atoms with van der Waals surface area (Å²) in [7, 11) is 0. The first-order valence-corrected chi connectivity index (χ1v) is 10.7. The fourth-order valence-corrected chi connectivity index (χ4v) is 5.66. The van der Waals surface area contributed by atoms with Crippen LogP contribution in [0.15, 0.2) is 47.0 Å². The lowest BCUT2D eigenvalue weighted by atomic mass is 10.1. The molecule has 26 heavy (non-hydrogen) atoms. The van der Waals surface area contributed by atoms with Crippen molar-refractivity contribution in [3.05, 3.63) is 63.9 Å². The molecule has 2 aromatic carbocycles. The SMILES string of the molecule is O=C1c2cc(Br)cc(Br)c2NCCc2nc3c(Br)cc(Br)cc3c(=O)n21. The summed E-state index contributed by atoms with van der Waals surface area (Å²) in [4.78, 5) is 31.0. The van der Waals surface area contributed by atoms with Crippen LogP contribution in [0.3, 0.4) is 0 Å². The highest BCUT2D eigenvalue weighted by atomic mass is 79.9. The second kappa shape index (κ2) is 6.85. The number of rotatable bonds is 0. The maximum absolute atomic E-state index is 13.2. The van der Waals surface area contributed by atoms with Crippen molar-refractivity contribution in [2.75, 3.05) is 11.9 Å². The summed E-state index contributed by atoms with van der Waals surface area (Å²) in [6.07, 6.45) is 0.446. The molecule has 132 valence electrons. The van der Waals surface area contributed by atoms with Gasteiger partial charge in [-0.3, -0.25) is 9.59 Å². The van der Waals surface area contributed by atoms with Gasteiger partial charge in [-0.1, -0.05) is 31.9 Å². The van der Waals surface area contributed by atoms with Gasteiger partial charge < -0.3 is 5.32 Å². The third kappa shape index (κ3) is 2.98. The molecule has 0 spiro atoms. The van der Waals surface area contributed by atoms with Crippen LogP contribution in [0, 0.1) is 0 Å². The molecule has 0 saturated carbocycles. The Bertz CT molecular complexity index is 1160. The van der Waals surface area contributed by atoms with Gasteiger partial charge in [0.1, 0.15) is 5.82 Å². The molecule has 1 N–H and O–H groups in total. The van der Waals surface area contributed by atoms with Crippen LogP contribution in [0.4, 0.5) is 5.69 Å². The van der Waals surface area contributed by atoms with Crippen molar-refractivity contribution < 1.29 is 4.79 Å². The van der Waals surface area contributed by atoms with Crippen molar-refractivity contribution in [1.29, 1.82) is 0 Å². The van der Waals surface area contributed by atoms with E-state index in [9.17, 15) is 9.59 Å². The molecule has 3 aromatic rings. The molecule has 1 aliphatic rings. The van der Waals surface area contributed by atoms with E-state index in [0.29, 0.717) is 45.4 Å². The number of hydrogen-bond donors (Lipinski definition) is 1. The standard InChI is InChI=1S/C17H9Br4N3O2/c18-7-3-9-14(11(20)5-7)22-2-1-13-23-15-10(4-8(19)6-12(15)21)17(26)24(13)16(9)25/h3-6,22H,1-2H2. The van der Waals surface area contributed by atoms with E-state index in [1.54, 1.807) is 12.1 Å². The molecular formula is C17H9Br4N3O2. The van der Waals surface area contributed by atoms with Crippen molar-refractivity contribution in [2.24, 2.45) is 0 Å². The fraction of sp³-hybridized carbons (Fsp3) is 0.118. The predicted octanol–water partition coefficient (Wildman–Crippen LogP) is 5.10. The van der Waals surface area contributed by atoms with E-state index in [1.807, 2.05) is 12.1 Å². The van der Waals surface area contributed by atoms with E-state index in [4.69, 9.17) is 0 Å². The first kappa shape index (κ1) is 18.3. The number of aromatic nitrogens is 2. The molecule has 0 radical (unpaired) electrons. The topological polar surface area (TPSA) is 64.0 Å². The van der Waals surface area contributed by atoms with Crippen molar-refractivity contribution in [3.8, 4) is 0 Å².